The van der Waals surface area contributed by atoms with E-state index in [4.69, 9.17) is 25.8 Å². The highest BCUT2D eigenvalue weighted by molar-refractivity contribution is 8.01. The Kier molecular flexibility index (Phi) is 9.13. The molecule has 1 saturated carbocycles. The van der Waals surface area contributed by atoms with Crippen LogP contribution in [0.4, 0.5) is 5.95 Å². The molecule has 9 nitrogen and oxygen atoms in total. The van der Waals surface area contributed by atoms with Gasteiger partial charge in [-0.25, -0.2) is 9.97 Å². The summed E-state index contributed by atoms with van der Waals surface area (Å²) in [4.78, 5) is 8.75. The smallest absolute Gasteiger partial charge is 0.235 e. The summed E-state index contributed by atoms with van der Waals surface area (Å²) < 4.78 is 22.5. The fourth-order valence-corrected chi connectivity index (χ4v) is 4.44. The van der Waals surface area contributed by atoms with Gasteiger partial charge in [0.2, 0.25) is 5.95 Å². The number of nitrogens with zero attached hydrogens (tertiary/aromatic N) is 5. The van der Waals surface area contributed by atoms with Crippen LogP contribution in [0.1, 0.15) is 57.8 Å². The molecule has 0 aliphatic heterocycles. The molecule has 0 aromatic carbocycles. The summed E-state index contributed by atoms with van der Waals surface area (Å²) in [5.74, 6) is 2.28. The van der Waals surface area contributed by atoms with E-state index >= 15 is 0 Å². The van der Waals surface area contributed by atoms with Crippen LogP contribution in [0.5, 0.6) is 0 Å². The van der Waals surface area contributed by atoms with Gasteiger partial charge < -0.3 is 14.2 Å². The van der Waals surface area contributed by atoms with Crippen molar-refractivity contribution in [1.82, 2.24) is 24.7 Å². The lowest BCUT2D eigenvalue weighted by Crippen LogP contribution is -2.27. The first-order valence-electron chi connectivity index (χ1n) is 10.9. The lowest BCUT2D eigenvalue weighted by atomic mass is 10.2. The van der Waals surface area contributed by atoms with Gasteiger partial charge in [0.05, 0.1) is 28.5 Å². The second-order valence-electron chi connectivity index (χ2n) is 8.32. The number of anilines is 1. The number of rotatable bonds is 14. The Hall–Kier alpha value is -1.46. The maximum Gasteiger partial charge on any atom is 0.235 e. The van der Waals surface area contributed by atoms with Crippen LogP contribution >= 0.6 is 23.5 Å². The van der Waals surface area contributed by atoms with Gasteiger partial charge in [0.1, 0.15) is 11.9 Å². The number of ether oxygens (including phenoxy) is 3. The van der Waals surface area contributed by atoms with Crippen LogP contribution in [-0.4, -0.2) is 63.5 Å². The highest BCUT2D eigenvalue weighted by Gasteiger charge is 2.47. The monoisotopic (exact) mass is 484 g/mol. The van der Waals surface area contributed by atoms with Crippen LogP contribution in [0.25, 0.3) is 0 Å². The van der Waals surface area contributed by atoms with Crippen molar-refractivity contribution in [2.45, 2.75) is 69.5 Å². The average molecular weight is 485 g/mol. The summed E-state index contributed by atoms with van der Waals surface area (Å²) in [7, 11) is 3.45. The molecule has 3 rings (SSSR count). The van der Waals surface area contributed by atoms with Crippen molar-refractivity contribution in [3.8, 4) is 0 Å². The van der Waals surface area contributed by atoms with Gasteiger partial charge in [-0.2, -0.15) is 0 Å². The van der Waals surface area contributed by atoms with Gasteiger partial charge >= 0.3 is 0 Å². The van der Waals surface area contributed by atoms with Gasteiger partial charge in [-0.15, -0.1) is 10.2 Å². The summed E-state index contributed by atoms with van der Waals surface area (Å²) in [5, 5.41) is 9.42. The molecule has 0 bridgehead atoms. The lowest BCUT2D eigenvalue weighted by molar-refractivity contribution is 0.00286. The van der Waals surface area contributed by atoms with E-state index in [1.807, 2.05) is 13.8 Å². The number of aromatic nitrogens is 5. The zero-order chi connectivity index (χ0) is 23.1. The SMILES string of the molecule is COCCCc1nnc(NSC(C)[C@@H](OC(C)C)c2ncc(Cl)cn2)n1C1(COC)CC1. The van der Waals surface area contributed by atoms with Gasteiger partial charge in [0.25, 0.3) is 0 Å². The Balaban J connectivity index is 1.76. The van der Waals surface area contributed by atoms with Crippen LogP contribution < -0.4 is 4.72 Å². The quantitative estimate of drug-likeness (QED) is 0.314. The van der Waals surface area contributed by atoms with E-state index < -0.39 is 0 Å². The predicted octanol–water partition coefficient (Wildman–Crippen LogP) is 4.05. The van der Waals surface area contributed by atoms with Crippen LogP contribution in [0.3, 0.4) is 0 Å². The lowest BCUT2D eigenvalue weighted by Gasteiger charge is -2.26. The Labute approximate surface area is 199 Å². The molecule has 2 aromatic rings. The topological polar surface area (TPSA) is 96.2 Å². The molecular weight excluding hydrogens is 452 g/mol. The molecule has 1 unspecified atom stereocenters. The van der Waals surface area contributed by atoms with E-state index in [1.54, 1.807) is 26.6 Å². The maximum absolute atomic E-state index is 6.14. The Morgan fingerprint density at radius 3 is 2.47 bits per heavy atom. The minimum atomic E-state index is -0.309. The van der Waals surface area contributed by atoms with E-state index in [-0.39, 0.29) is 23.0 Å². The number of methoxy groups -OCH3 is 2. The van der Waals surface area contributed by atoms with Gasteiger partial charge in [0.15, 0.2) is 5.82 Å². The number of nitrogens with one attached hydrogen (secondary N) is 1. The van der Waals surface area contributed by atoms with Gasteiger partial charge in [-0.1, -0.05) is 11.6 Å². The largest absolute Gasteiger partial charge is 0.385 e. The van der Waals surface area contributed by atoms with Crippen molar-refractivity contribution in [2.24, 2.45) is 0 Å². The van der Waals surface area contributed by atoms with E-state index in [0.717, 1.165) is 37.5 Å². The maximum atomic E-state index is 6.14. The van der Waals surface area contributed by atoms with E-state index in [9.17, 15) is 0 Å². The summed E-state index contributed by atoms with van der Waals surface area (Å²) in [6.45, 7) is 7.39. The molecule has 32 heavy (non-hydrogen) atoms. The summed E-state index contributed by atoms with van der Waals surface area (Å²) in [5.41, 5.74) is -0.0834. The predicted molar refractivity (Wildman–Crippen MR) is 126 cm³/mol. The van der Waals surface area contributed by atoms with Crippen LogP contribution in [0, 0.1) is 0 Å². The molecule has 0 radical (unpaired) electrons. The summed E-state index contributed by atoms with van der Waals surface area (Å²) in [6.07, 6.45) is 6.67. The number of aryl methyl sites for hydroxylation is 1. The van der Waals surface area contributed by atoms with Crippen molar-refractivity contribution in [1.29, 1.82) is 0 Å². The highest BCUT2D eigenvalue weighted by atomic mass is 35.5. The average Bonchev–Trinajstić information content (AvgIpc) is 3.42. The first kappa shape index (κ1) is 25.2. The van der Waals surface area contributed by atoms with Crippen molar-refractivity contribution in [3.05, 3.63) is 29.1 Å². The molecule has 1 fully saturated rings. The second kappa shape index (κ2) is 11.6. The van der Waals surface area contributed by atoms with Crippen molar-refractivity contribution in [3.63, 3.8) is 0 Å². The molecule has 178 valence electrons. The van der Waals surface area contributed by atoms with Crippen molar-refractivity contribution < 1.29 is 14.2 Å². The fraction of sp³-hybridized carbons (Fsp3) is 0.714. The molecule has 1 aliphatic carbocycles. The highest BCUT2D eigenvalue weighted by Crippen LogP contribution is 2.46. The third-order valence-electron chi connectivity index (χ3n) is 5.27. The summed E-state index contributed by atoms with van der Waals surface area (Å²) in [6, 6.07) is 0. The Morgan fingerprint density at radius 1 is 1.16 bits per heavy atom. The minimum Gasteiger partial charge on any atom is -0.385 e. The van der Waals surface area contributed by atoms with Gasteiger partial charge in [0, 0.05) is 39.6 Å². The first-order valence-corrected chi connectivity index (χ1v) is 12.1. The molecule has 0 amide bonds. The molecule has 0 spiro atoms. The molecular formula is C21H33ClN6O3S. The molecule has 2 aromatic heterocycles. The normalized spacial score (nSPS) is 16.8. The number of hydrogen-bond donors (Lipinski definition) is 1. The third kappa shape index (κ3) is 6.32. The van der Waals surface area contributed by atoms with E-state index in [0.29, 0.717) is 24.1 Å². The Morgan fingerprint density at radius 2 is 1.88 bits per heavy atom. The number of hydrogen-bond acceptors (Lipinski definition) is 9. The summed E-state index contributed by atoms with van der Waals surface area (Å²) >= 11 is 7.48. The Bertz CT molecular complexity index is 847. The standard InChI is InChI=1S/C21H33ClN6O3S/c1-14(2)31-18(19-23-11-16(22)12-24-19)15(3)32-27-20-26-25-17(7-6-10-29-4)28(20)21(8-9-21)13-30-5/h11-12,14-15,18H,6-10,13H2,1-5H3,(H,26,27)/t15?,18-/m1/s1. The molecule has 1 aliphatic rings. The van der Waals surface area contributed by atoms with E-state index in [1.165, 1.54) is 11.9 Å². The first-order chi connectivity index (χ1) is 15.4. The van der Waals surface area contributed by atoms with Crippen LogP contribution in [0.15, 0.2) is 12.4 Å². The molecule has 1 N–H and O–H groups in total. The fourth-order valence-electron chi connectivity index (χ4n) is 3.61. The van der Waals surface area contributed by atoms with Gasteiger partial charge in [-0.05, 0) is 52.0 Å². The molecule has 2 atom stereocenters. The second-order valence-corrected chi connectivity index (χ2v) is 9.94. The third-order valence-corrected chi connectivity index (χ3v) is 6.38. The van der Waals surface area contributed by atoms with Crippen molar-refractivity contribution in [2.75, 3.05) is 32.2 Å². The molecule has 2 heterocycles. The zero-order valence-electron chi connectivity index (χ0n) is 19.4. The van der Waals surface area contributed by atoms with E-state index in [2.05, 4.69) is 36.4 Å². The molecule has 11 heteroatoms. The zero-order valence-corrected chi connectivity index (χ0v) is 20.9. The van der Waals surface area contributed by atoms with Crippen LogP contribution in [0.2, 0.25) is 5.02 Å². The van der Waals surface area contributed by atoms with Crippen LogP contribution in [-0.2, 0) is 26.2 Å². The number of halogens is 1. The molecule has 0 saturated heterocycles. The minimum absolute atomic E-state index is 0.00162. The van der Waals surface area contributed by atoms with Gasteiger partial charge in [-0.3, -0.25) is 9.29 Å². The van der Waals surface area contributed by atoms with Crippen molar-refractivity contribution >= 4 is 29.5 Å².